The molecule has 0 radical (unpaired) electrons. The number of carbonyl (C=O) groups is 1. The summed E-state index contributed by atoms with van der Waals surface area (Å²) in [6, 6.07) is 13.7. The van der Waals surface area contributed by atoms with Crippen LogP contribution >= 0.6 is 11.8 Å². The van der Waals surface area contributed by atoms with Crippen molar-refractivity contribution < 1.29 is 14.3 Å². The Morgan fingerprint density at radius 3 is 2.81 bits per heavy atom. The van der Waals surface area contributed by atoms with E-state index in [4.69, 9.17) is 15.2 Å². The molecule has 0 fully saturated rings. The number of benzene rings is 1. The summed E-state index contributed by atoms with van der Waals surface area (Å²) >= 11 is 1.59. The van der Waals surface area contributed by atoms with Gasteiger partial charge in [-0.25, -0.2) is 4.98 Å². The highest BCUT2D eigenvalue weighted by atomic mass is 32.2. The number of nitriles is 1. The van der Waals surface area contributed by atoms with Crippen molar-refractivity contribution in [1.29, 1.82) is 5.26 Å². The van der Waals surface area contributed by atoms with Crippen molar-refractivity contribution in [1.82, 2.24) is 4.98 Å². The van der Waals surface area contributed by atoms with Crippen molar-refractivity contribution in [3.63, 3.8) is 0 Å². The van der Waals surface area contributed by atoms with Crippen LogP contribution in [-0.2, 0) is 15.3 Å². The molecule has 4 rings (SSSR count). The Morgan fingerprint density at radius 1 is 1.31 bits per heavy atom. The molecule has 0 amide bonds. The first-order valence-corrected chi connectivity index (χ1v) is 11.4. The summed E-state index contributed by atoms with van der Waals surface area (Å²) < 4.78 is 11.4. The Bertz CT molecular complexity index is 1160. The lowest BCUT2D eigenvalue weighted by atomic mass is 9.70. The van der Waals surface area contributed by atoms with E-state index in [1.54, 1.807) is 25.1 Å². The Balaban J connectivity index is 1.76. The Labute approximate surface area is 192 Å². The monoisotopic (exact) mass is 447 g/mol. The SMILES string of the molecule is COc1ccc(C2C(C#N)=C(N)OC3=C2C(=O)CC(C)(C)C3)cc1CSc1ccccn1. The van der Waals surface area contributed by atoms with Crippen LogP contribution in [0.2, 0.25) is 0 Å². The van der Waals surface area contributed by atoms with E-state index in [9.17, 15) is 10.1 Å². The molecule has 0 saturated heterocycles. The van der Waals surface area contributed by atoms with Crippen LogP contribution in [0.15, 0.2) is 70.4 Å². The zero-order chi connectivity index (χ0) is 22.9. The molecule has 2 N–H and O–H groups in total. The zero-order valence-corrected chi connectivity index (χ0v) is 19.2. The molecular formula is C25H25N3O3S. The van der Waals surface area contributed by atoms with Crippen molar-refractivity contribution in [3.8, 4) is 11.8 Å². The molecule has 0 spiro atoms. The van der Waals surface area contributed by atoms with Gasteiger partial charge in [0, 0.05) is 35.9 Å². The van der Waals surface area contributed by atoms with Gasteiger partial charge in [0.2, 0.25) is 5.88 Å². The smallest absolute Gasteiger partial charge is 0.205 e. The van der Waals surface area contributed by atoms with E-state index < -0.39 is 5.92 Å². The maximum Gasteiger partial charge on any atom is 0.205 e. The number of rotatable bonds is 5. The fourth-order valence-electron chi connectivity index (χ4n) is 4.29. The molecule has 1 atom stereocenters. The number of pyridine rings is 1. The number of allylic oxidation sites excluding steroid dienone is 3. The lowest BCUT2D eigenvalue weighted by Gasteiger charge is -2.37. The minimum absolute atomic E-state index is 0.00160. The molecule has 6 nitrogen and oxygen atoms in total. The van der Waals surface area contributed by atoms with Crippen LogP contribution in [0.3, 0.4) is 0 Å². The van der Waals surface area contributed by atoms with Gasteiger partial charge in [0.25, 0.3) is 0 Å². The summed E-state index contributed by atoms with van der Waals surface area (Å²) in [6.07, 6.45) is 2.76. The number of methoxy groups -OCH3 is 1. The van der Waals surface area contributed by atoms with Crippen molar-refractivity contribution in [3.05, 3.63) is 76.5 Å². The highest BCUT2D eigenvalue weighted by Crippen LogP contribution is 2.48. The number of hydrogen-bond donors (Lipinski definition) is 1. The molecule has 2 heterocycles. The molecule has 1 aliphatic carbocycles. The summed E-state index contributed by atoms with van der Waals surface area (Å²) in [5.74, 6) is 1.48. The number of aromatic nitrogens is 1. The molecule has 1 aromatic carbocycles. The Hall–Kier alpha value is -3.24. The third-order valence-corrected chi connectivity index (χ3v) is 6.72. The van der Waals surface area contributed by atoms with Gasteiger partial charge in [0.15, 0.2) is 5.78 Å². The van der Waals surface area contributed by atoms with Crippen molar-refractivity contribution in [2.75, 3.05) is 7.11 Å². The number of ketones is 1. The minimum atomic E-state index is -0.545. The van der Waals surface area contributed by atoms with E-state index in [0.29, 0.717) is 29.9 Å². The molecule has 32 heavy (non-hydrogen) atoms. The minimum Gasteiger partial charge on any atom is -0.496 e. The highest BCUT2D eigenvalue weighted by Gasteiger charge is 2.43. The van der Waals surface area contributed by atoms with E-state index in [2.05, 4.69) is 11.1 Å². The van der Waals surface area contributed by atoms with Crippen LogP contribution in [0.1, 0.15) is 43.7 Å². The van der Waals surface area contributed by atoms with Gasteiger partial charge in [0.1, 0.15) is 23.2 Å². The third kappa shape index (κ3) is 4.23. The van der Waals surface area contributed by atoms with E-state index in [0.717, 1.165) is 21.9 Å². The first-order valence-electron chi connectivity index (χ1n) is 10.4. The first-order chi connectivity index (χ1) is 15.3. The van der Waals surface area contributed by atoms with Crippen LogP contribution in [0, 0.1) is 16.7 Å². The quantitative estimate of drug-likeness (QED) is 0.655. The number of hydrogen-bond acceptors (Lipinski definition) is 7. The van der Waals surface area contributed by atoms with E-state index in [1.807, 2.05) is 50.2 Å². The van der Waals surface area contributed by atoms with Crippen LogP contribution in [-0.4, -0.2) is 17.9 Å². The molecule has 164 valence electrons. The zero-order valence-electron chi connectivity index (χ0n) is 18.3. The lowest BCUT2D eigenvalue weighted by molar-refractivity contribution is -0.119. The number of nitrogens with two attached hydrogens (primary N) is 1. The van der Waals surface area contributed by atoms with E-state index in [-0.39, 0.29) is 22.7 Å². The summed E-state index contributed by atoms with van der Waals surface area (Å²) in [4.78, 5) is 17.5. The highest BCUT2D eigenvalue weighted by molar-refractivity contribution is 7.98. The van der Waals surface area contributed by atoms with Gasteiger partial charge >= 0.3 is 0 Å². The molecule has 1 aromatic heterocycles. The topological polar surface area (TPSA) is 98.2 Å². The van der Waals surface area contributed by atoms with E-state index >= 15 is 0 Å². The summed E-state index contributed by atoms with van der Waals surface area (Å²) in [7, 11) is 1.63. The van der Waals surface area contributed by atoms with Gasteiger partial charge in [-0.05, 0) is 29.2 Å². The molecule has 2 aromatic rings. The van der Waals surface area contributed by atoms with Crippen LogP contribution in [0.4, 0.5) is 0 Å². The molecule has 1 unspecified atom stereocenters. The van der Waals surface area contributed by atoms with Crippen LogP contribution in [0.25, 0.3) is 0 Å². The maximum atomic E-state index is 13.2. The van der Waals surface area contributed by atoms with Crippen LogP contribution < -0.4 is 10.5 Å². The number of ether oxygens (including phenoxy) is 2. The summed E-state index contributed by atoms with van der Waals surface area (Å²) in [5.41, 5.74) is 8.52. The fraction of sp³-hybridized carbons (Fsp3) is 0.320. The van der Waals surface area contributed by atoms with Gasteiger partial charge in [0.05, 0.1) is 18.1 Å². The average molecular weight is 448 g/mol. The van der Waals surface area contributed by atoms with Gasteiger partial charge in [-0.1, -0.05) is 32.0 Å². The molecule has 2 aliphatic rings. The standard InChI is InChI=1S/C25H25N3O3S/c1-25(2)11-18(29)23-20(12-25)31-24(27)17(13-26)22(23)15-7-8-19(30-3)16(10-15)14-32-21-6-4-5-9-28-21/h4-10,22H,11-12,14,27H2,1-3H3. The van der Waals surface area contributed by atoms with Gasteiger partial charge in [-0.2, -0.15) is 5.26 Å². The predicted molar refractivity (Wildman–Crippen MR) is 122 cm³/mol. The normalized spacial score (nSPS) is 19.8. The largest absolute Gasteiger partial charge is 0.496 e. The summed E-state index contributed by atoms with van der Waals surface area (Å²) in [5, 5.41) is 10.8. The lowest BCUT2D eigenvalue weighted by Crippen LogP contribution is -2.33. The second-order valence-electron chi connectivity index (χ2n) is 8.73. The third-order valence-electron chi connectivity index (χ3n) is 5.73. The summed E-state index contributed by atoms with van der Waals surface area (Å²) in [6.45, 7) is 4.07. The van der Waals surface area contributed by atoms with Gasteiger partial charge in [-0.15, -0.1) is 11.8 Å². The molecule has 0 bridgehead atoms. The number of carbonyl (C=O) groups excluding carboxylic acids is 1. The molecular weight excluding hydrogens is 422 g/mol. The van der Waals surface area contributed by atoms with E-state index in [1.165, 1.54) is 0 Å². The van der Waals surface area contributed by atoms with Gasteiger partial charge in [-0.3, -0.25) is 4.79 Å². The molecule has 7 heteroatoms. The molecule has 1 aliphatic heterocycles. The van der Waals surface area contributed by atoms with Crippen LogP contribution in [0.5, 0.6) is 5.75 Å². The fourth-order valence-corrected chi connectivity index (χ4v) is 5.13. The Morgan fingerprint density at radius 2 is 2.12 bits per heavy atom. The molecule has 0 saturated carbocycles. The second kappa shape index (κ2) is 8.71. The second-order valence-corrected chi connectivity index (χ2v) is 9.73. The number of Topliss-reactive ketones (excluding diaryl/α,β-unsaturated/α-hetero) is 1. The first kappa shape index (κ1) is 22.0. The number of thioether (sulfide) groups is 1. The van der Waals surface area contributed by atoms with Crippen molar-refractivity contribution in [2.45, 2.75) is 43.4 Å². The average Bonchev–Trinajstić information content (AvgIpc) is 2.76. The maximum absolute atomic E-state index is 13.2. The van der Waals surface area contributed by atoms with Crippen molar-refractivity contribution in [2.24, 2.45) is 11.1 Å². The number of nitrogens with zero attached hydrogens (tertiary/aromatic N) is 2. The Kier molecular flexibility index (Phi) is 5.98. The predicted octanol–water partition coefficient (Wildman–Crippen LogP) is 4.83. The van der Waals surface area contributed by atoms with Crippen molar-refractivity contribution >= 4 is 17.5 Å². The van der Waals surface area contributed by atoms with Gasteiger partial charge < -0.3 is 15.2 Å².